The van der Waals surface area contributed by atoms with Crippen LogP contribution in [0.15, 0.2) is 18.2 Å². The molecule has 0 heterocycles. The molecule has 0 fully saturated rings. The van der Waals surface area contributed by atoms with Gasteiger partial charge in [0.1, 0.15) is 11.6 Å². The Labute approximate surface area is 111 Å². The molecule has 0 unspecified atom stereocenters. The summed E-state index contributed by atoms with van der Waals surface area (Å²) in [7, 11) is 0. The number of carbonyl (C=O) groups excluding carboxylic acids is 2. The Hall–Kier alpha value is -1.78. The fourth-order valence-electron chi connectivity index (χ4n) is 1.58. The first-order valence-corrected chi connectivity index (χ1v) is 6.21. The Morgan fingerprint density at radius 2 is 2.00 bits per heavy atom. The van der Waals surface area contributed by atoms with Crippen molar-refractivity contribution >= 4 is 11.8 Å². The number of hydrogen-bond acceptors (Lipinski definition) is 2. The van der Waals surface area contributed by atoms with Crippen molar-refractivity contribution in [1.29, 1.82) is 0 Å². The van der Waals surface area contributed by atoms with Crippen molar-refractivity contribution in [3.05, 3.63) is 35.4 Å². The number of amides is 2. The SMILES string of the molecule is CCC(=O)NC(=O)[C@@H](C)CCc1ccc(F)cc1F. The van der Waals surface area contributed by atoms with Crippen LogP contribution in [0.3, 0.4) is 0 Å². The van der Waals surface area contributed by atoms with Crippen LogP contribution in [0, 0.1) is 17.6 Å². The Bertz CT molecular complexity index is 475. The van der Waals surface area contributed by atoms with Crippen LogP contribution < -0.4 is 5.32 Å². The lowest BCUT2D eigenvalue weighted by Crippen LogP contribution is -2.34. The highest BCUT2D eigenvalue weighted by atomic mass is 19.1. The molecule has 5 heteroatoms. The van der Waals surface area contributed by atoms with Crippen LogP contribution in [0.25, 0.3) is 0 Å². The standard InChI is InChI=1S/C14H17F2NO2/c1-3-13(18)17-14(19)9(2)4-5-10-6-7-11(15)8-12(10)16/h6-9H,3-5H2,1-2H3,(H,17,18,19)/t9-/m0/s1. The highest BCUT2D eigenvalue weighted by Gasteiger charge is 2.15. The highest BCUT2D eigenvalue weighted by Crippen LogP contribution is 2.14. The van der Waals surface area contributed by atoms with Crippen LogP contribution >= 0.6 is 0 Å². The lowest BCUT2D eigenvalue weighted by atomic mass is 10.00. The van der Waals surface area contributed by atoms with E-state index in [1.807, 2.05) is 0 Å². The maximum atomic E-state index is 13.4. The summed E-state index contributed by atoms with van der Waals surface area (Å²) >= 11 is 0. The number of aryl methyl sites for hydroxylation is 1. The minimum Gasteiger partial charge on any atom is -0.296 e. The molecule has 19 heavy (non-hydrogen) atoms. The molecule has 3 nitrogen and oxygen atoms in total. The highest BCUT2D eigenvalue weighted by molar-refractivity contribution is 5.95. The quantitative estimate of drug-likeness (QED) is 0.893. The van der Waals surface area contributed by atoms with Gasteiger partial charge in [-0.3, -0.25) is 14.9 Å². The first-order valence-electron chi connectivity index (χ1n) is 6.21. The molecule has 0 aliphatic heterocycles. The minimum absolute atomic E-state index is 0.241. The van der Waals surface area contributed by atoms with Crippen LogP contribution in [0.1, 0.15) is 32.3 Å². The average Bonchev–Trinajstić information content (AvgIpc) is 2.37. The Morgan fingerprint density at radius 3 is 2.58 bits per heavy atom. The van der Waals surface area contributed by atoms with Crippen LogP contribution in [0.2, 0.25) is 0 Å². The number of halogens is 2. The van der Waals surface area contributed by atoms with Crippen molar-refractivity contribution in [2.75, 3.05) is 0 Å². The number of hydrogen-bond donors (Lipinski definition) is 1. The van der Waals surface area contributed by atoms with Crippen molar-refractivity contribution in [3.63, 3.8) is 0 Å². The number of benzene rings is 1. The van der Waals surface area contributed by atoms with Gasteiger partial charge in [-0.25, -0.2) is 8.78 Å². The van der Waals surface area contributed by atoms with Crippen molar-refractivity contribution in [2.45, 2.75) is 33.1 Å². The van der Waals surface area contributed by atoms with E-state index >= 15 is 0 Å². The van der Waals surface area contributed by atoms with E-state index in [2.05, 4.69) is 5.32 Å². The first kappa shape index (κ1) is 15.3. The molecule has 0 aliphatic rings. The molecule has 0 radical (unpaired) electrons. The largest absolute Gasteiger partial charge is 0.296 e. The zero-order chi connectivity index (χ0) is 14.4. The van der Waals surface area contributed by atoms with Gasteiger partial charge in [0, 0.05) is 18.4 Å². The number of imide groups is 1. The predicted octanol–water partition coefficient (Wildman–Crippen LogP) is 2.59. The molecular weight excluding hydrogens is 252 g/mol. The fourth-order valence-corrected chi connectivity index (χ4v) is 1.58. The van der Waals surface area contributed by atoms with Gasteiger partial charge in [-0.15, -0.1) is 0 Å². The number of rotatable bonds is 5. The van der Waals surface area contributed by atoms with Gasteiger partial charge in [-0.2, -0.15) is 0 Å². The zero-order valence-corrected chi connectivity index (χ0v) is 11.0. The maximum Gasteiger partial charge on any atom is 0.229 e. The molecule has 0 saturated carbocycles. The summed E-state index contributed by atoms with van der Waals surface area (Å²) < 4.78 is 26.1. The summed E-state index contributed by atoms with van der Waals surface area (Å²) in [5.74, 6) is -2.34. The summed E-state index contributed by atoms with van der Waals surface area (Å²) in [5, 5.41) is 2.26. The molecule has 0 spiro atoms. The summed E-state index contributed by atoms with van der Waals surface area (Å²) in [5.41, 5.74) is 0.364. The van der Waals surface area contributed by atoms with Gasteiger partial charge in [0.15, 0.2) is 0 Å². The molecule has 1 rings (SSSR count). The summed E-state index contributed by atoms with van der Waals surface area (Å²) in [4.78, 5) is 22.6. The summed E-state index contributed by atoms with van der Waals surface area (Å²) in [6.45, 7) is 3.32. The smallest absolute Gasteiger partial charge is 0.229 e. The predicted molar refractivity (Wildman–Crippen MR) is 67.3 cm³/mol. The first-order chi connectivity index (χ1) is 8.93. The van der Waals surface area contributed by atoms with Gasteiger partial charge in [-0.05, 0) is 24.5 Å². The second-order valence-electron chi connectivity index (χ2n) is 4.44. The number of carbonyl (C=O) groups is 2. The number of nitrogens with one attached hydrogen (secondary N) is 1. The average molecular weight is 269 g/mol. The van der Waals surface area contributed by atoms with Gasteiger partial charge in [0.05, 0.1) is 0 Å². The molecule has 1 atom stereocenters. The van der Waals surface area contributed by atoms with Crippen molar-refractivity contribution < 1.29 is 18.4 Å². The van der Waals surface area contributed by atoms with Crippen LogP contribution in [0.5, 0.6) is 0 Å². The second-order valence-corrected chi connectivity index (χ2v) is 4.44. The van der Waals surface area contributed by atoms with Crippen molar-refractivity contribution in [3.8, 4) is 0 Å². The second kappa shape index (κ2) is 6.97. The zero-order valence-electron chi connectivity index (χ0n) is 11.0. The van der Waals surface area contributed by atoms with E-state index < -0.39 is 17.6 Å². The summed E-state index contributed by atoms with van der Waals surface area (Å²) in [6, 6.07) is 3.37. The summed E-state index contributed by atoms with van der Waals surface area (Å²) in [6.07, 6.45) is 0.956. The van der Waals surface area contributed by atoms with Gasteiger partial charge in [0.25, 0.3) is 0 Å². The lowest BCUT2D eigenvalue weighted by Gasteiger charge is -2.11. The van der Waals surface area contributed by atoms with Crippen LogP contribution in [-0.2, 0) is 16.0 Å². The maximum absolute atomic E-state index is 13.4. The molecule has 1 aromatic rings. The van der Waals surface area contributed by atoms with E-state index in [9.17, 15) is 18.4 Å². The van der Waals surface area contributed by atoms with Gasteiger partial charge < -0.3 is 0 Å². The van der Waals surface area contributed by atoms with E-state index in [-0.39, 0.29) is 18.2 Å². The Balaban J connectivity index is 2.51. The monoisotopic (exact) mass is 269 g/mol. The van der Waals surface area contributed by atoms with Gasteiger partial charge in [0.2, 0.25) is 11.8 Å². The van der Waals surface area contributed by atoms with Gasteiger partial charge >= 0.3 is 0 Å². The lowest BCUT2D eigenvalue weighted by molar-refractivity contribution is -0.132. The van der Waals surface area contributed by atoms with E-state index in [0.717, 1.165) is 6.07 Å². The van der Waals surface area contributed by atoms with E-state index in [1.165, 1.54) is 12.1 Å². The normalized spacial score (nSPS) is 12.0. The Kier molecular flexibility index (Phi) is 5.60. The van der Waals surface area contributed by atoms with E-state index in [4.69, 9.17) is 0 Å². The Morgan fingerprint density at radius 1 is 1.32 bits per heavy atom. The van der Waals surface area contributed by atoms with E-state index in [1.54, 1.807) is 13.8 Å². The molecule has 0 aliphatic carbocycles. The minimum atomic E-state index is -0.624. The molecular formula is C14H17F2NO2. The van der Waals surface area contributed by atoms with Crippen LogP contribution in [-0.4, -0.2) is 11.8 Å². The van der Waals surface area contributed by atoms with Crippen molar-refractivity contribution in [1.82, 2.24) is 5.32 Å². The molecule has 2 amide bonds. The molecule has 0 aromatic heterocycles. The van der Waals surface area contributed by atoms with Gasteiger partial charge in [-0.1, -0.05) is 19.9 Å². The third-order valence-corrected chi connectivity index (χ3v) is 2.89. The topological polar surface area (TPSA) is 46.2 Å². The molecule has 104 valence electrons. The van der Waals surface area contributed by atoms with Crippen LogP contribution in [0.4, 0.5) is 8.78 Å². The third-order valence-electron chi connectivity index (χ3n) is 2.89. The van der Waals surface area contributed by atoms with E-state index in [0.29, 0.717) is 18.4 Å². The fraction of sp³-hybridized carbons (Fsp3) is 0.429. The third kappa shape index (κ3) is 4.77. The molecule has 0 bridgehead atoms. The molecule has 1 N–H and O–H groups in total. The molecule has 1 aromatic carbocycles. The van der Waals surface area contributed by atoms with Crippen molar-refractivity contribution in [2.24, 2.45) is 5.92 Å². The molecule has 0 saturated heterocycles.